The van der Waals surface area contributed by atoms with E-state index in [2.05, 4.69) is 21.2 Å². The number of methoxy groups -OCH3 is 1. The predicted molar refractivity (Wildman–Crippen MR) is 82.6 cm³/mol. The fourth-order valence-electron chi connectivity index (χ4n) is 1.92. The van der Waals surface area contributed by atoms with Gasteiger partial charge in [-0.25, -0.2) is 0 Å². The van der Waals surface area contributed by atoms with Gasteiger partial charge in [0.15, 0.2) is 0 Å². The van der Waals surface area contributed by atoms with Crippen LogP contribution >= 0.6 is 15.9 Å². The number of ether oxygens (including phenoxy) is 1. The number of nitrogens with two attached hydrogens (primary N) is 1. The average molecular weight is 321 g/mol. The largest absolute Gasteiger partial charge is 0.497 e. The molecule has 100 valence electrons. The normalized spacial score (nSPS) is 11.9. The Kier molecular flexibility index (Phi) is 4.82. The zero-order valence-corrected chi connectivity index (χ0v) is 12.4. The van der Waals surface area contributed by atoms with Crippen LogP contribution in [0.25, 0.3) is 0 Å². The Balaban J connectivity index is 2.26. The van der Waals surface area contributed by atoms with E-state index in [-0.39, 0.29) is 6.04 Å². The maximum Gasteiger partial charge on any atom is 0.119 e. The maximum absolute atomic E-state index is 5.89. The molecule has 0 radical (unpaired) electrons. The highest BCUT2D eigenvalue weighted by atomic mass is 79.9. The number of rotatable bonds is 5. The molecule has 0 amide bonds. The molecule has 0 aliphatic rings. The van der Waals surface area contributed by atoms with Gasteiger partial charge in [0.1, 0.15) is 5.75 Å². The second-order valence-corrected chi connectivity index (χ2v) is 5.04. The van der Waals surface area contributed by atoms with E-state index in [9.17, 15) is 0 Å². The first-order valence-electron chi connectivity index (χ1n) is 6.09. The fraction of sp³-hybridized carbons (Fsp3) is 0.200. The van der Waals surface area contributed by atoms with Crippen molar-refractivity contribution in [3.05, 3.63) is 58.6 Å². The quantitative estimate of drug-likeness (QED) is 0.885. The molecule has 4 heteroatoms. The third kappa shape index (κ3) is 3.49. The molecule has 3 N–H and O–H groups in total. The lowest BCUT2D eigenvalue weighted by Crippen LogP contribution is -2.21. The number of nitrogens with one attached hydrogen (secondary N) is 1. The molecule has 0 saturated carbocycles. The van der Waals surface area contributed by atoms with Crippen molar-refractivity contribution in [1.82, 2.24) is 0 Å². The minimum absolute atomic E-state index is 0.0341. The van der Waals surface area contributed by atoms with Crippen LogP contribution in [0.4, 0.5) is 5.69 Å². The van der Waals surface area contributed by atoms with E-state index >= 15 is 0 Å². The van der Waals surface area contributed by atoms with E-state index in [1.807, 2.05) is 48.5 Å². The van der Waals surface area contributed by atoms with Gasteiger partial charge in [-0.05, 0) is 35.9 Å². The molecule has 1 unspecified atom stereocenters. The lowest BCUT2D eigenvalue weighted by molar-refractivity contribution is 0.414. The molecule has 0 heterocycles. The van der Waals surface area contributed by atoms with Crippen LogP contribution in [0.15, 0.2) is 53.0 Å². The average Bonchev–Trinajstić information content (AvgIpc) is 2.47. The molecule has 1 atom stereocenters. The van der Waals surface area contributed by atoms with Gasteiger partial charge in [0.25, 0.3) is 0 Å². The Bertz CT molecular complexity index is 531. The monoisotopic (exact) mass is 320 g/mol. The summed E-state index contributed by atoms with van der Waals surface area (Å²) >= 11 is 3.56. The summed E-state index contributed by atoms with van der Waals surface area (Å²) in [5.74, 6) is 0.825. The fourth-order valence-corrected chi connectivity index (χ4v) is 2.44. The van der Waals surface area contributed by atoms with Crippen molar-refractivity contribution < 1.29 is 4.74 Å². The van der Waals surface area contributed by atoms with Gasteiger partial charge in [0.2, 0.25) is 0 Å². The van der Waals surface area contributed by atoms with Crippen molar-refractivity contribution in [2.45, 2.75) is 6.04 Å². The number of hydrogen-bond donors (Lipinski definition) is 2. The third-order valence-electron chi connectivity index (χ3n) is 2.93. The van der Waals surface area contributed by atoms with Crippen molar-refractivity contribution >= 4 is 21.6 Å². The van der Waals surface area contributed by atoms with Crippen LogP contribution in [0.5, 0.6) is 5.75 Å². The molecular weight excluding hydrogens is 304 g/mol. The van der Waals surface area contributed by atoms with Gasteiger partial charge in [-0.1, -0.05) is 34.1 Å². The van der Waals surface area contributed by atoms with E-state index in [0.717, 1.165) is 21.5 Å². The summed E-state index contributed by atoms with van der Waals surface area (Å²) in [6.45, 7) is 0.501. The summed E-state index contributed by atoms with van der Waals surface area (Å²) in [6, 6.07) is 16.0. The molecule has 19 heavy (non-hydrogen) atoms. The molecule has 2 rings (SSSR count). The van der Waals surface area contributed by atoms with Gasteiger partial charge in [0.05, 0.1) is 13.2 Å². The van der Waals surface area contributed by atoms with Crippen molar-refractivity contribution in [3.63, 3.8) is 0 Å². The number of halogens is 1. The lowest BCUT2D eigenvalue weighted by atomic mass is 10.1. The van der Waals surface area contributed by atoms with E-state index in [0.29, 0.717) is 6.54 Å². The van der Waals surface area contributed by atoms with Gasteiger partial charge in [-0.3, -0.25) is 0 Å². The summed E-state index contributed by atoms with van der Waals surface area (Å²) in [5.41, 5.74) is 8.03. The molecular formula is C15H17BrN2O. The smallest absolute Gasteiger partial charge is 0.119 e. The number of benzene rings is 2. The van der Waals surface area contributed by atoms with E-state index < -0.39 is 0 Å². The summed E-state index contributed by atoms with van der Waals surface area (Å²) in [6.07, 6.45) is 0. The molecule has 0 aromatic heterocycles. The Hall–Kier alpha value is -1.52. The summed E-state index contributed by atoms with van der Waals surface area (Å²) in [5, 5.41) is 3.43. The molecule has 0 fully saturated rings. The van der Waals surface area contributed by atoms with Crippen LogP contribution in [0.2, 0.25) is 0 Å². The minimum atomic E-state index is 0.0341. The lowest BCUT2D eigenvalue weighted by Gasteiger charge is -2.20. The Labute approximate surface area is 121 Å². The zero-order valence-electron chi connectivity index (χ0n) is 10.8. The first kappa shape index (κ1) is 13.9. The van der Waals surface area contributed by atoms with Crippen molar-refractivity contribution in [2.24, 2.45) is 5.73 Å². The van der Waals surface area contributed by atoms with Crippen molar-refractivity contribution in [1.29, 1.82) is 0 Å². The number of para-hydroxylation sites is 1. The first-order chi connectivity index (χ1) is 9.24. The predicted octanol–water partition coefficient (Wildman–Crippen LogP) is 3.57. The zero-order chi connectivity index (χ0) is 13.7. The topological polar surface area (TPSA) is 47.3 Å². The molecule has 2 aromatic carbocycles. The summed E-state index contributed by atoms with van der Waals surface area (Å²) in [4.78, 5) is 0. The van der Waals surface area contributed by atoms with E-state index in [1.54, 1.807) is 7.11 Å². The van der Waals surface area contributed by atoms with Gasteiger partial charge in [-0.2, -0.15) is 0 Å². The molecule has 0 aliphatic carbocycles. The molecule has 0 saturated heterocycles. The second kappa shape index (κ2) is 6.59. The molecule has 0 bridgehead atoms. The van der Waals surface area contributed by atoms with Crippen LogP contribution in [0, 0.1) is 0 Å². The Morgan fingerprint density at radius 2 is 1.95 bits per heavy atom. The minimum Gasteiger partial charge on any atom is -0.497 e. The van der Waals surface area contributed by atoms with Crippen molar-refractivity contribution in [3.8, 4) is 5.75 Å². The van der Waals surface area contributed by atoms with Crippen molar-refractivity contribution in [2.75, 3.05) is 19.0 Å². The highest BCUT2D eigenvalue weighted by molar-refractivity contribution is 9.10. The SMILES string of the molecule is COc1ccc(Br)c(C(CN)Nc2ccccc2)c1. The Morgan fingerprint density at radius 3 is 2.58 bits per heavy atom. The molecule has 0 spiro atoms. The van der Waals surface area contributed by atoms with Crippen LogP contribution in [0.1, 0.15) is 11.6 Å². The first-order valence-corrected chi connectivity index (χ1v) is 6.89. The van der Waals surface area contributed by atoms with E-state index in [4.69, 9.17) is 10.5 Å². The van der Waals surface area contributed by atoms with Crippen LogP contribution in [0.3, 0.4) is 0 Å². The maximum atomic E-state index is 5.89. The van der Waals surface area contributed by atoms with Gasteiger partial charge < -0.3 is 15.8 Å². The van der Waals surface area contributed by atoms with Crippen LogP contribution in [-0.4, -0.2) is 13.7 Å². The summed E-state index contributed by atoms with van der Waals surface area (Å²) < 4.78 is 6.29. The highest BCUT2D eigenvalue weighted by Crippen LogP contribution is 2.29. The number of hydrogen-bond acceptors (Lipinski definition) is 3. The van der Waals surface area contributed by atoms with Gasteiger partial charge >= 0.3 is 0 Å². The standard InChI is InChI=1S/C15H17BrN2O/c1-19-12-7-8-14(16)13(9-12)15(10-17)18-11-5-3-2-4-6-11/h2-9,15,18H,10,17H2,1H3. The van der Waals surface area contributed by atoms with Gasteiger partial charge in [0, 0.05) is 16.7 Å². The van der Waals surface area contributed by atoms with Crippen LogP contribution in [-0.2, 0) is 0 Å². The number of anilines is 1. The molecule has 2 aromatic rings. The highest BCUT2D eigenvalue weighted by Gasteiger charge is 2.13. The molecule has 3 nitrogen and oxygen atoms in total. The van der Waals surface area contributed by atoms with Crippen LogP contribution < -0.4 is 15.8 Å². The Morgan fingerprint density at radius 1 is 1.21 bits per heavy atom. The molecule has 0 aliphatic heterocycles. The second-order valence-electron chi connectivity index (χ2n) is 4.19. The van der Waals surface area contributed by atoms with E-state index in [1.165, 1.54) is 0 Å². The van der Waals surface area contributed by atoms with Gasteiger partial charge in [-0.15, -0.1) is 0 Å². The third-order valence-corrected chi connectivity index (χ3v) is 3.65. The summed E-state index contributed by atoms with van der Waals surface area (Å²) in [7, 11) is 1.66.